The highest BCUT2D eigenvalue weighted by atomic mass is 19.1. The van der Waals surface area contributed by atoms with Crippen LogP contribution in [0, 0.1) is 5.82 Å². The van der Waals surface area contributed by atoms with Gasteiger partial charge in [-0.25, -0.2) is 9.37 Å². The molecule has 0 saturated carbocycles. The van der Waals surface area contributed by atoms with Crippen LogP contribution in [0.4, 0.5) is 4.39 Å². The number of imidazole rings is 1. The molecule has 0 N–H and O–H groups in total. The molecule has 0 aliphatic carbocycles. The van der Waals surface area contributed by atoms with Crippen molar-refractivity contribution in [3.05, 3.63) is 60.3 Å². The standard InChI is InChI=1S/C14H9FN2O/c15-11-6-4-10(5-7-11)14-12-3-1-2-8-17(12)13(9-18)16-14/h1-9H. The van der Waals surface area contributed by atoms with Crippen LogP contribution in [0.25, 0.3) is 16.8 Å². The number of carbonyl (C=O) groups is 1. The lowest BCUT2D eigenvalue weighted by Gasteiger charge is -1.98. The number of carbonyl (C=O) groups excluding carboxylic acids is 1. The van der Waals surface area contributed by atoms with Crippen molar-refractivity contribution in [2.75, 3.05) is 0 Å². The van der Waals surface area contributed by atoms with Gasteiger partial charge in [-0.2, -0.15) is 0 Å². The van der Waals surface area contributed by atoms with E-state index in [1.807, 2.05) is 18.2 Å². The highest BCUT2D eigenvalue weighted by molar-refractivity contribution is 5.83. The largest absolute Gasteiger partial charge is 0.297 e. The van der Waals surface area contributed by atoms with Crippen molar-refractivity contribution >= 4 is 11.8 Å². The van der Waals surface area contributed by atoms with Crippen LogP contribution in [0.1, 0.15) is 10.6 Å². The molecule has 18 heavy (non-hydrogen) atoms. The van der Waals surface area contributed by atoms with E-state index in [-0.39, 0.29) is 5.82 Å². The second kappa shape index (κ2) is 4.07. The van der Waals surface area contributed by atoms with E-state index in [0.717, 1.165) is 11.1 Å². The molecule has 0 atom stereocenters. The van der Waals surface area contributed by atoms with Gasteiger partial charge in [0.15, 0.2) is 12.1 Å². The normalized spacial score (nSPS) is 10.7. The molecule has 0 spiro atoms. The zero-order valence-corrected chi connectivity index (χ0v) is 9.38. The van der Waals surface area contributed by atoms with Crippen LogP contribution >= 0.6 is 0 Å². The van der Waals surface area contributed by atoms with Gasteiger partial charge in [-0.15, -0.1) is 0 Å². The van der Waals surface area contributed by atoms with E-state index >= 15 is 0 Å². The Labute approximate surface area is 103 Å². The third-order valence-corrected chi connectivity index (χ3v) is 2.80. The number of fused-ring (bicyclic) bond motifs is 1. The Bertz CT molecular complexity index is 716. The van der Waals surface area contributed by atoms with Gasteiger partial charge in [0, 0.05) is 11.8 Å². The monoisotopic (exact) mass is 240 g/mol. The summed E-state index contributed by atoms with van der Waals surface area (Å²) in [5, 5.41) is 0. The van der Waals surface area contributed by atoms with Crippen molar-refractivity contribution in [2.24, 2.45) is 0 Å². The molecule has 0 saturated heterocycles. The van der Waals surface area contributed by atoms with E-state index < -0.39 is 0 Å². The summed E-state index contributed by atoms with van der Waals surface area (Å²) in [7, 11) is 0. The summed E-state index contributed by atoms with van der Waals surface area (Å²) < 4.78 is 14.6. The lowest BCUT2D eigenvalue weighted by molar-refractivity contribution is 0.111. The Hall–Kier alpha value is -2.49. The van der Waals surface area contributed by atoms with Gasteiger partial charge in [-0.05, 0) is 36.4 Å². The summed E-state index contributed by atoms with van der Waals surface area (Å²) in [5.41, 5.74) is 2.29. The van der Waals surface area contributed by atoms with Crippen molar-refractivity contribution in [1.29, 1.82) is 0 Å². The molecule has 0 amide bonds. The quantitative estimate of drug-likeness (QED) is 0.645. The molecule has 2 heterocycles. The molecule has 1 aromatic carbocycles. The second-order valence-electron chi connectivity index (χ2n) is 3.90. The van der Waals surface area contributed by atoms with Gasteiger partial charge in [0.2, 0.25) is 0 Å². The van der Waals surface area contributed by atoms with E-state index in [2.05, 4.69) is 4.98 Å². The smallest absolute Gasteiger partial charge is 0.185 e. The molecule has 0 unspecified atom stereocenters. The van der Waals surface area contributed by atoms with Gasteiger partial charge in [0.05, 0.1) is 11.2 Å². The van der Waals surface area contributed by atoms with Crippen molar-refractivity contribution in [3.8, 4) is 11.3 Å². The molecule has 3 rings (SSSR count). The molecule has 4 heteroatoms. The number of nitrogens with zero attached hydrogens (tertiary/aromatic N) is 2. The first-order valence-corrected chi connectivity index (χ1v) is 5.48. The Morgan fingerprint density at radius 2 is 1.89 bits per heavy atom. The predicted molar refractivity (Wildman–Crippen MR) is 66.0 cm³/mol. The number of benzene rings is 1. The van der Waals surface area contributed by atoms with E-state index in [1.54, 1.807) is 22.7 Å². The average molecular weight is 240 g/mol. The number of halogens is 1. The SMILES string of the molecule is O=Cc1nc(-c2ccc(F)cc2)c2ccccn12. The summed E-state index contributed by atoms with van der Waals surface area (Å²) in [5.74, 6) is 0.0443. The summed E-state index contributed by atoms with van der Waals surface area (Å²) in [6.45, 7) is 0. The van der Waals surface area contributed by atoms with Crippen molar-refractivity contribution in [2.45, 2.75) is 0 Å². The molecule has 0 aliphatic rings. The Morgan fingerprint density at radius 1 is 1.11 bits per heavy atom. The Morgan fingerprint density at radius 3 is 2.61 bits per heavy atom. The van der Waals surface area contributed by atoms with E-state index in [1.165, 1.54) is 12.1 Å². The van der Waals surface area contributed by atoms with Crippen LogP contribution < -0.4 is 0 Å². The molecular weight excluding hydrogens is 231 g/mol. The molecule has 0 bridgehead atoms. The number of aromatic nitrogens is 2. The first kappa shape index (κ1) is 10.7. The highest BCUT2D eigenvalue weighted by Gasteiger charge is 2.11. The minimum atomic E-state index is -0.294. The zero-order valence-electron chi connectivity index (χ0n) is 9.38. The zero-order chi connectivity index (χ0) is 12.5. The molecule has 88 valence electrons. The van der Waals surface area contributed by atoms with Crippen LogP contribution in [0.3, 0.4) is 0 Å². The topological polar surface area (TPSA) is 34.4 Å². The van der Waals surface area contributed by atoms with E-state index in [9.17, 15) is 9.18 Å². The van der Waals surface area contributed by atoms with Gasteiger partial charge in [-0.3, -0.25) is 9.20 Å². The summed E-state index contributed by atoms with van der Waals surface area (Å²) in [6, 6.07) is 11.6. The van der Waals surface area contributed by atoms with Crippen molar-refractivity contribution < 1.29 is 9.18 Å². The maximum absolute atomic E-state index is 12.9. The lowest BCUT2D eigenvalue weighted by Crippen LogP contribution is -1.89. The van der Waals surface area contributed by atoms with Gasteiger partial charge in [0.1, 0.15) is 5.82 Å². The van der Waals surface area contributed by atoms with Gasteiger partial charge in [-0.1, -0.05) is 6.07 Å². The minimum absolute atomic E-state index is 0.294. The first-order chi connectivity index (χ1) is 8.79. The average Bonchev–Trinajstić information content (AvgIpc) is 2.79. The Balaban J connectivity index is 2.29. The van der Waals surface area contributed by atoms with Crippen LogP contribution in [-0.2, 0) is 0 Å². The van der Waals surface area contributed by atoms with Crippen LogP contribution in [0.2, 0.25) is 0 Å². The molecule has 3 aromatic rings. The van der Waals surface area contributed by atoms with Crippen LogP contribution in [0.15, 0.2) is 48.7 Å². The summed E-state index contributed by atoms with van der Waals surface area (Å²) >= 11 is 0. The summed E-state index contributed by atoms with van der Waals surface area (Å²) in [6.07, 6.45) is 2.49. The Kier molecular flexibility index (Phi) is 2.41. The van der Waals surface area contributed by atoms with Crippen LogP contribution in [-0.4, -0.2) is 15.7 Å². The third-order valence-electron chi connectivity index (χ3n) is 2.80. The fourth-order valence-electron chi connectivity index (χ4n) is 1.96. The first-order valence-electron chi connectivity index (χ1n) is 5.48. The number of hydrogen-bond donors (Lipinski definition) is 0. The number of pyridine rings is 1. The predicted octanol–water partition coefficient (Wildman–Crippen LogP) is 2.95. The van der Waals surface area contributed by atoms with Gasteiger partial charge < -0.3 is 0 Å². The molecule has 0 radical (unpaired) electrons. The van der Waals surface area contributed by atoms with Gasteiger partial charge >= 0.3 is 0 Å². The second-order valence-corrected chi connectivity index (χ2v) is 3.90. The minimum Gasteiger partial charge on any atom is -0.297 e. The molecule has 3 nitrogen and oxygen atoms in total. The van der Waals surface area contributed by atoms with Gasteiger partial charge in [0.25, 0.3) is 0 Å². The lowest BCUT2D eigenvalue weighted by atomic mass is 10.1. The summed E-state index contributed by atoms with van der Waals surface area (Å²) in [4.78, 5) is 15.3. The molecule has 0 fully saturated rings. The number of rotatable bonds is 2. The highest BCUT2D eigenvalue weighted by Crippen LogP contribution is 2.24. The molecular formula is C14H9FN2O. The molecule has 0 aliphatic heterocycles. The third kappa shape index (κ3) is 1.59. The molecule has 2 aromatic heterocycles. The van der Waals surface area contributed by atoms with Crippen molar-refractivity contribution in [1.82, 2.24) is 9.38 Å². The van der Waals surface area contributed by atoms with Crippen molar-refractivity contribution in [3.63, 3.8) is 0 Å². The fourth-order valence-corrected chi connectivity index (χ4v) is 1.96. The van der Waals surface area contributed by atoms with E-state index in [0.29, 0.717) is 17.8 Å². The maximum atomic E-state index is 12.9. The van der Waals surface area contributed by atoms with Crippen LogP contribution in [0.5, 0.6) is 0 Å². The fraction of sp³-hybridized carbons (Fsp3) is 0. The number of hydrogen-bond acceptors (Lipinski definition) is 2. The number of aldehydes is 1. The van der Waals surface area contributed by atoms with E-state index in [4.69, 9.17) is 0 Å². The maximum Gasteiger partial charge on any atom is 0.185 e.